The Hall–Kier alpha value is -2.67. The van der Waals surface area contributed by atoms with Gasteiger partial charge in [-0.1, -0.05) is 38.5 Å². The zero-order valence-corrected chi connectivity index (χ0v) is 17.1. The summed E-state index contributed by atoms with van der Waals surface area (Å²) in [6.07, 6.45) is 1.92. The molecular formula is C21H24N2O4S. The van der Waals surface area contributed by atoms with Crippen LogP contribution in [0.1, 0.15) is 36.5 Å². The Bertz CT molecular complexity index is 1010. The molecule has 0 aliphatic carbocycles. The minimum absolute atomic E-state index is 0.0974. The average molecular weight is 401 g/mol. The number of carbonyl (C=O) groups excluding carboxylic acids is 1. The minimum Gasteiger partial charge on any atom is -0.482 e. The molecule has 1 aromatic carbocycles. The van der Waals surface area contributed by atoms with Gasteiger partial charge in [-0.2, -0.15) is 0 Å². The van der Waals surface area contributed by atoms with Crippen molar-refractivity contribution in [1.82, 2.24) is 9.97 Å². The van der Waals surface area contributed by atoms with Crippen LogP contribution in [0.4, 0.5) is 0 Å². The Morgan fingerprint density at radius 2 is 2.04 bits per heavy atom. The van der Waals surface area contributed by atoms with Gasteiger partial charge in [-0.3, -0.25) is 4.79 Å². The van der Waals surface area contributed by atoms with Crippen molar-refractivity contribution in [2.45, 2.75) is 40.2 Å². The summed E-state index contributed by atoms with van der Waals surface area (Å²) >= 11 is 1.51. The van der Waals surface area contributed by atoms with Gasteiger partial charge in [0, 0.05) is 4.88 Å². The van der Waals surface area contributed by atoms with Crippen LogP contribution in [-0.4, -0.2) is 22.5 Å². The highest BCUT2D eigenvalue weighted by Crippen LogP contribution is 2.29. The van der Waals surface area contributed by atoms with Crippen LogP contribution >= 0.6 is 11.3 Å². The van der Waals surface area contributed by atoms with E-state index < -0.39 is 5.97 Å². The third-order valence-electron chi connectivity index (χ3n) is 4.63. The molecule has 0 saturated carbocycles. The van der Waals surface area contributed by atoms with Crippen LogP contribution in [0.15, 0.2) is 35.1 Å². The van der Waals surface area contributed by atoms with E-state index in [4.69, 9.17) is 9.47 Å². The molecule has 0 spiro atoms. The number of thiophene rings is 1. The number of benzene rings is 1. The first kappa shape index (κ1) is 20.1. The van der Waals surface area contributed by atoms with E-state index in [1.807, 2.05) is 25.1 Å². The number of aromatic nitrogens is 2. The third-order valence-corrected chi connectivity index (χ3v) is 5.67. The lowest BCUT2D eigenvalue weighted by Crippen LogP contribution is -2.18. The average Bonchev–Trinajstić information content (AvgIpc) is 3.01. The fourth-order valence-electron chi connectivity index (χ4n) is 2.88. The Morgan fingerprint density at radius 1 is 1.29 bits per heavy atom. The van der Waals surface area contributed by atoms with Gasteiger partial charge in [-0.15, -0.1) is 11.3 Å². The number of carbonyl (C=O) groups is 1. The van der Waals surface area contributed by atoms with E-state index in [1.165, 1.54) is 11.3 Å². The maximum atomic E-state index is 12.6. The van der Waals surface area contributed by atoms with Gasteiger partial charge in [-0.25, -0.2) is 9.78 Å². The number of aromatic amines is 1. The van der Waals surface area contributed by atoms with E-state index in [9.17, 15) is 9.59 Å². The number of nitrogens with one attached hydrogen (secondary N) is 1. The van der Waals surface area contributed by atoms with Crippen LogP contribution in [-0.2, 0) is 22.6 Å². The number of H-pyrrole nitrogens is 1. The first-order valence-electron chi connectivity index (χ1n) is 9.32. The van der Waals surface area contributed by atoms with Crippen molar-refractivity contribution in [3.05, 3.63) is 57.0 Å². The first-order chi connectivity index (χ1) is 13.5. The predicted octanol–water partition coefficient (Wildman–Crippen LogP) is 4.00. The van der Waals surface area contributed by atoms with Gasteiger partial charge in [0.25, 0.3) is 5.56 Å². The molecule has 0 unspecified atom stereocenters. The molecule has 0 fully saturated rings. The second-order valence-corrected chi connectivity index (χ2v) is 8.01. The molecule has 148 valence electrons. The van der Waals surface area contributed by atoms with E-state index in [2.05, 4.69) is 23.8 Å². The second kappa shape index (κ2) is 9.01. The quantitative estimate of drug-likeness (QED) is 0.578. The van der Waals surface area contributed by atoms with Gasteiger partial charge in [-0.05, 0) is 37.0 Å². The van der Waals surface area contributed by atoms with Crippen molar-refractivity contribution < 1.29 is 14.3 Å². The van der Waals surface area contributed by atoms with Crippen LogP contribution in [0.3, 0.4) is 0 Å². The number of hydrogen-bond acceptors (Lipinski definition) is 6. The number of rotatable bonds is 8. The van der Waals surface area contributed by atoms with Crippen molar-refractivity contribution in [2.24, 2.45) is 5.92 Å². The maximum Gasteiger partial charge on any atom is 0.344 e. The monoisotopic (exact) mass is 400 g/mol. The molecule has 3 rings (SSSR count). The second-order valence-electron chi connectivity index (χ2n) is 6.81. The van der Waals surface area contributed by atoms with Crippen molar-refractivity contribution in [3.8, 4) is 5.75 Å². The van der Waals surface area contributed by atoms with E-state index in [-0.39, 0.29) is 18.8 Å². The molecule has 0 aliphatic heterocycles. The maximum absolute atomic E-state index is 12.6. The molecule has 28 heavy (non-hydrogen) atoms. The summed E-state index contributed by atoms with van der Waals surface area (Å²) in [5.41, 5.74) is 0.891. The summed E-state index contributed by atoms with van der Waals surface area (Å²) in [7, 11) is 0. The van der Waals surface area contributed by atoms with Gasteiger partial charge in [0.1, 0.15) is 23.0 Å². The number of aryl methyl sites for hydroxylation is 1. The van der Waals surface area contributed by atoms with Crippen molar-refractivity contribution >= 4 is 27.5 Å². The van der Waals surface area contributed by atoms with Crippen molar-refractivity contribution in [3.63, 3.8) is 0 Å². The molecule has 0 aliphatic rings. The summed E-state index contributed by atoms with van der Waals surface area (Å²) in [5, 5.41) is 0.658. The number of hydrogen-bond donors (Lipinski definition) is 1. The van der Waals surface area contributed by atoms with Crippen LogP contribution in [0.5, 0.6) is 5.75 Å². The Labute approximate surface area is 167 Å². The minimum atomic E-state index is -0.522. The molecule has 2 aromatic heterocycles. The third kappa shape index (κ3) is 4.78. The summed E-state index contributed by atoms with van der Waals surface area (Å²) in [5.74, 6) is 0.907. The van der Waals surface area contributed by atoms with Crippen LogP contribution in [0.2, 0.25) is 0 Å². The zero-order valence-electron chi connectivity index (χ0n) is 16.3. The molecular weight excluding hydrogens is 376 g/mol. The van der Waals surface area contributed by atoms with Crippen molar-refractivity contribution in [1.29, 1.82) is 0 Å². The fourth-order valence-corrected chi connectivity index (χ4v) is 3.95. The van der Waals surface area contributed by atoms with E-state index in [1.54, 1.807) is 12.1 Å². The predicted molar refractivity (Wildman–Crippen MR) is 110 cm³/mol. The zero-order chi connectivity index (χ0) is 20.1. The number of para-hydroxylation sites is 1. The normalized spacial score (nSPS) is 12.1. The lowest BCUT2D eigenvalue weighted by molar-refractivity contribution is -0.147. The Balaban J connectivity index is 1.67. The summed E-state index contributed by atoms with van der Waals surface area (Å²) in [6, 6.07) is 9.03. The highest BCUT2D eigenvalue weighted by atomic mass is 32.1. The molecule has 3 aromatic rings. The molecule has 1 atom stereocenters. The summed E-state index contributed by atoms with van der Waals surface area (Å²) < 4.78 is 10.5. The highest BCUT2D eigenvalue weighted by molar-refractivity contribution is 7.18. The van der Waals surface area contributed by atoms with E-state index in [0.717, 1.165) is 23.3 Å². The summed E-state index contributed by atoms with van der Waals surface area (Å²) in [6.45, 7) is 6.04. The van der Waals surface area contributed by atoms with Crippen LogP contribution < -0.4 is 10.3 Å². The van der Waals surface area contributed by atoms with Gasteiger partial charge in [0.15, 0.2) is 6.61 Å². The van der Waals surface area contributed by atoms with Gasteiger partial charge in [0.2, 0.25) is 0 Å². The molecule has 7 heteroatoms. The van der Waals surface area contributed by atoms with Gasteiger partial charge >= 0.3 is 5.97 Å². The standard InChI is InChI=1S/C21H24N2O4S/c1-4-13(2)10-16-14(3)28-21-19(16)20(25)22-17(23-21)11-27-18(24)12-26-15-8-6-5-7-9-15/h5-9,13H,4,10-12H2,1-3H3,(H,22,23,25)/t13-/m1/s1. The lowest BCUT2D eigenvalue weighted by Gasteiger charge is -2.08. The SMILES string of the molecule is CC[C@@H](C)Cc1c(C)sc2nc(COC(=O)COc3ccccc3)[nH]c(=O)c12. The summed E-state index contributed by atoms with van der Waals surface area (Å²) in [4.78, 5) is 33.5. The molecule has 1 N–H and O–H groups in total. The van der Waals surface area contributed by atoms with Crippen LogP contribution in [0, 0.1) is 12.8 Å². The number of nitrogens with zero attached hydrogens (tertiary/aromatic N) is 1. The van der Waals surface area contributed by atoms with E-state index in [0.29, 0.717) is 27.7 Å². The number of esters is 1. The topological polar surface area (TPSA) is 81.3 Å². The molecule has 0 amide bonds. The largest absolute Gasteiger partial charge is 0.482 e. The smallest absolute Gasteiger partial charge is 0.344 e. The van der Waals surface area contributed by atoms with Crippen molar-refractivity contribution in [2.75, 3.05) is 6.61 Å². The van der Waals surface area contributed by atoms with E-state index >= 15 is 0 Å². The van der Waals surface area contributed by atoms with Gasteiger partial charge in [0.05, 0.1) is 5.39 Å². The Morgan fingerprint density at radius 3 is 2.75 bits per heavy atom. The molecule has 2 heterocycles. The first-order valence-corrected chi connectivity index (χ1v) is 10.1. The molecule has 0 bridgehead atoms. The molecule has 6 nitrogen and oxygen atoms in total. The number of ether oxygens (including phenoxy) is 2. The molecule has 0 saturated heterocycles. The lowest BCUT2D eigenvalue weighted by atomic mass is 9.98. The van der Waals surface area contributed by atoms with Crippen LogP contribution in [0.25, 0.3) is 10.2 Å². The highest BCUT2D eigenvalue weighted by Gasteiger charge is 2.17. The molecule has 0 radical (unpaired) electrons. The number of fused-ring (bicyclic) bond motifs is 1. The Kier molecular flexibility index (Phi) is 6.46. The fraction of sp³-hybridized carbons (Fsp3) is 0.381. The van der Waals surface area contributed by atoms with Gasteiger partial charge < -0.3 is 14.5 Å².